The molecule has 0 aliphatic carbocycles. The first-order valence-corrected chi connectivity index (χ1v) is 4.37. The predicted octanol–water partition coefficient (Wildman–Crippen LogP) is 0.581. The van der Waals surface area contributed by atoms with E-state index in [1.54, 1.807) is 0 Å². The molecular weight excluding hydrogens is 152 g/mol. The Morgan fingerprint density at radius 2 is 2.58 bits per heavy atom. The van der Waals surface area contributed by atoms with Gasteiger partial charge in [-0.1, -0.05) is 0 Å². The minimum absolute atomic E-state index is 0.111. The summed E-state index contributed by atoms with van der Waals surface area (Å²) in [6.45, 7) is 2.77. The van der Waals surface area contributed by atoms with E-state index in [9.17, 15) is 5.11 Å². The van der Waals surface area contributed by atoms with Crippen molar-refractivity contribution in [2.24, 2.45) is 0 Å². The number of aromatic amines is 1. The van der Waals surface area contributed by atoms with Crippen molar-refractivity contribution in [3.8, 4) is 0 Å². The van der Waals surface area contributed by atoms with Gasteiger partial charge in [-0.2, -0.15) is 0 Å². The zero-order valence-corrected chi connectivity index (χ0v) is 7.03. The largest absolute Gasteiger partial charge is 0.392 e. The first-order valence-electron chi connectivity index (χ1n) is 4.37. The lowest BCUT2D eigenvalue weighted by Crippen LogP contribution is -2.21. The van der Waals surface area contributed by atoms with Crippen LogP contribution < -0.4 is 0 Å². The van der Waals surface area contributed by atoms with Gasteiger partial charge in [-0.15, -0.1) is 0 Å². The minimum Gasteiger partial charge on any atom is -0.392 e. The maximum atomic E-state index is 9.28. The Morgan fingerprint density at radius 1 is 1.67 bits per heavy atom. The average molecular weight is 166 g/mol. The molecule has 1 saturated heterocycles. The predicted molar refractivity (Wildman–Crippen MR) is 46.7 cm³/mol. The van der Waals surface area contributed by atoms with Crippen LogP contribution in [0, 0.1) is 0 Å². The standard InChI is InChI=1S/C9H14N2O/c12-9-3-5-11(7-9)6-8-2-1-4-10-8/h1-2,4,9-10,12H,3,5-7H2/t9-/m1/s1. The van der Waals surface area contributed by atoms with Gasteiger partial charge in [0.15, 0.2) is 0 Å². The fourth-order valence-corrected chi connectivity index (χ4v) is 1.66. The molecule has 3 nitrogen and oxygen atoms in total. The van der Waals surface area contributed by atoms with E-state index in [1.165, 1.54) is 5.69 Å². The fraction of sp³-hybridized carbons (Fsp3) is 0.556. The molecule has 1 aromatic heterocycles. The Hall–Kier alpha value is -0.800. The number of hydrogen-bond donors (Lipinski definition) is 2. The van der Waals surface area contributed by atoms with E-state index in [-0.39, 0.29) is 6.10 Å². The lowest BCUT2D eigenvalue weighted by atomic mass is 10.3. The van der Waals surface area contributed by atoms with E-state index >= 15 is 0 Å². The van der Waals surface area contributed by atoms with Crippen LogP contribution in [0.1, 0.15) is 12.1 Å². The highest BCUT2D eigenvalue weighted by Crippen LogP contribution is 2.11. The summed E-state index contributed by atoms with van der Waals surface area (Å²) >= 11 is 0. The molecule has 2 rings (SSSR count). The van der Waals surface area contributed by atoms with Crippen LogP contribution in [0.5, 0.6) is 0 Å². The van der Waals surface area contributed by atoms with Crippen LogP contribution in [0.25, 0.3) is 0 Å². The molecule has 0 bridgehead atoms. The molecule has 0 radical (unpaired) electrons. The van der Waals surface area contributed by atoms with Crippen molar-refractivity contribution in [2.45, 2.75) is 19.1 Å². The third-order valence-electron chi connectivity index (χ3n) is 2.30. The topological polar surface area (TPSA) is 39.3 Å². The van der Waals surface area contributed by atoms with E-state index in [4.69, 9.17) is 0 Å². The van der Waals surface area contributed by atoms with Gasteiger partial charge in [0.05, 0.1) is 6.10 Å². The zero-order valence-electron chi connectivity index (χ0n) is 7.03. The van der Waals surface area contributed by atoms with Crippen LogP contribution in [0.2, 0.25) is 0 Å². The van der Waals surface area contributed by atoms with Crippen LogP contribution in [-0.4, -0.2) is 34.2 Å². The maximum absolute atomic E-state index is 9.28. The summed E-state index contributed by atoms with van der Waals surface area (Å²) in [7, 11) is 0. The van der Waals surface area contributed by atoms with E-state index in [0.29, 0.717) is 0 Å². The highest BCUT2D eigenvalue weighted by molar-refractivity contribution is 5.03. The molecule has 0 spiro atoms. The number of nitrogens with zero attached hydrogens (tertiary/aromatic N) is 1. The van der Waals surface area contributed by atoms with Gasteiger partial charge < -0.3 is 10.1 Å². The molecule has 2 N–H and O–H groups in total. The van der Waals surface area contributed by atoms with E-state index in [0.717, 1.165) is 26.1 Å². The van der Waals surface area contributed by atoms with Gasteiger partial charge in [0.25, 0.3) is 0 Å². The summed E-state index contributed by atoms with van der Waals surface area (Å²) in [6.07, 6.45) is 2.74. The summed E-state index contributed by atoms with van der Waals surface area (Å²) in [6, 6.07) is 4.08. The van der Waals surface area contributed by atoms with Gasteiger partial charge in [0.2, 0.25) is 0 Å². The molecule has 1 aliphatic rings. The summed E-state index contributed by atoms with van der Waals surface area (Å²) in [5.41, 5.74) is 1.23. The summed E-state index contributed by atoms with van der Waals surface area (Å²) in [4.78, 5) is 5.42. The molecule has 0 unspecified atom stereocenters. The molecule has 0 saturated carbocycles. The van der Waals surface area contributed by atoms with Gasteiger partial charge in [-0.25, -0.2) is 0 Å². The number of aliphatic hydroxyl groups excluding tert-OH is 1. The number of aliphatic hydroxyl groups is 1. The maximum Gasteiger partial charge on any atom is 0.0679 e. The second kappa shape index (κ2) is 3.29. The van der Waals surface area contributed by atoms with Crippen LogP contribution >= 0.6 is 0 Å². The van der Waals surface area contributed by atoms with Crippen molar-refractivity contribution in [2.75, 3.05) is 13.1 Å². The van der Waals surface area contributed by atoms with E-state index in [1.807, 2.05) is 12.3 Å². The van der Waals surface area contributed by atoms with Crippen LogP contribution in [0.15, 0.2) is 18.3 Å². The van der Waals surface area contributed by atoms with Gasteiger partial charge in [-0.05, 0) is 18.6 Å². The molecular formula is C9H14N2O. The SMILES string of the molecule is O[C@@H]1CCN(Cc2ccc[nH]2)C1. The molecule has 12 heavy (non-hydrogen) atoms. The van der Waals surface area contributed by atoms with Crippen molar-refractivity contribution in [1.82, 2.24) is 9.88 Å². The number of H-pyrrole nitrogens is 1. The van der Waals surface area contributed by atoms with Gasteiger partial charge >= 0.3 is 0 Å². The zero-order chi connectivity index (χ0) is 8.39. The third kappa shape index (κ3) is 1.68. The molecule has 1 fully saturated rings. The van der Waals surface area contributed by atoms with Crippen molar-refractivity contribution in [3.63, 3.8) is 0 Å². The average Bonchev–Trinajstić information content (AvgIpc) is 2.63. The molecule has 0 aromatic carbocycles. The number of rotatable bonds is 2. The Bertz CT molecular complexity index is 233. The van der Waals surface area contributed by atoms with Crippen LogP contribution in [0.4, 0.5) is 0 Å². The Morgan fingerprint density at radius 3 is 3.17 bits per heavy atom. The number of aromatic nitrogens is 1. The Balaban J connectivity index is 1.88. The van der Waals surface area contributed by atoms with Gasteiger partial charge in [0.1, 0.15) is 0 Å². The van der Waals surface area contributed by atoms with Gasteiger partial charge in [-0.3, -0.25) is 4.90 Å². The van der Waals surface area contributed by atoms with Crippen molar-refractivity contribution in [3.05, 3.63) is 24.0 Å². The molecule has 66 valence electrons. The summed E-state index contributed by atoms with van der Waals surface area (Å²) < 4.78 is 0. The molecule has 1 aromatic rings. The Kier molecular flexibility index (Phi) is 2.15. The number of nitrogens with one attached hydrogen (secondary N) is 1. The highest BCUT2D eigenvalue weighted by Gasteiger charge is 2.19. The van der Waals surface area contributed by atoms with E-state index in [2.05, 4.69) is 16.0 Å². The van der Waals surface area contributed by atoms with Crippen molar-refractivity contribution in [1.29, 1.82) is 0 Å². The first-order chi connectivity index (χ1) is 5.84. The number of β-amino-alcohol motifs (C(OH)–C–C–N with tert-alkyl or cyclic N) is 1. The highest BCUT2D eigenvalue weighted by atomic mass is 16.3. The molecule has 2 heterocycles. The second-order valence-corrected chi connectivity index (χ2v) is 3.37. The smallest absolute Gasteiger partial charge is 0.0679 e. The molecule has 0 amide bonds. The Labute approximate surface area is 72.0 Å². The lowest BCUT2D eigenvalue weighted by molar-refractivity contribution is 0.174. The summed E-state index contributed by atoms with van der Waals surface area (Å²) in [5, 5.41) is 9.28. The van der Waals surface area contributed by atoms with Crippen molar-refractivity contribution >= 4 is 0 Å². The second-order valence-electron chi connectivity index (χ2n) is 3.37. The van der Waals surface area contributed by atoms with E-state index < -0.39 is 0 Å². The van der Waals surface area contributed by atoms with Gasteiger partial charge in [0, 0.05) is 31.5 Å². The lowest BCUT2D eigenvalue weighted by Gasteiger charge is -2.12. The van der Waals surface area contributed by atoms with Crippen molar-refractivity contribution < 1.29 is 5.11 Å². The van der Waals surface area contributed by atoms with Crippen LogP contribution in [0.3, 0.4) is 0 Å². The normalized spacial score (nSPS) is 24.9. The van der Waals surface area contributed by atoms with Crippen LogP contribution in [-0.2, 0) is 6.54 Å². The quantitative estimate of drug-likeness (QED) is 0.674. The number of hydrogen-bond acceptors (Lipinski definition) is 2. The third-order valence-corrected chi connectivity index (χ3v) is 2.30. The summed E-state index contributed by atoms with van der Waals surface area (Å²) in [5.74, 6) is 0. The first kappa shape index (κ1) is 7.83. The molecule has 1 atom stereocenters. The number of likely N-dealkylation sites (tertiary alicyclic amines) is 1. The molecule has 3 heteroatoms. The minimum atomic E-state index is -0.111. The fourth-order valence-electron chi connectivity index (χ4n) is 1.66. The monoisotopic (exact) mass is 166 g/mol. The molecule has 1 aliphatic heterocycles.